The Morgan fingerprint density at radius 2 is 1.96 bits per heavy atom. The third-order valence-corrected chi connectivity index (χ3v) is 4.57. The summed E-state index contributed by atoms with van der Waals surface area (Å²) in [5.41, 5.74) is -1.09. The van der Waals surface area contributed by atoms with E-state index in [1.54, 1.807) is 0 Å². The number of carbonyl (C=O) groups excluding carboxylic acids is 2. The highest BCUT2D eigenvalue weighted by atomic mass is 32.2. The molecule has 0 atom stereocenters. The number of alkyl halides is 3. The molecule has 1 saturated heterocycles. The zero-order valence-electron chi connectivity index (χ0n) is 13.8. The molecule has 0 radical (unpaired) electrons. The van der Waals surface area contributed by atoms with Crippen molar-refractivity contribution < 1.29 is 27.9 Å². The van der Waals surface area contributed by atoms with Crippen LogP contribution in [0.4, 0.5) is 18.0 Å². The van der Waals surface area contributed by atoms with Crippen LogP contribution in [0.1, 0.15) is 37.8 Å². The molecule has 2 amide bonds. The van der Waals surface area contributed by atoms with Crippen LogP contribution in [0.3, 0.4) is 0 Å². The van der Waals surface area contributed by atoms with Gasteiger partial charge in [-0.05, 0) is 54.3 Å². The number of thioether (sulfide) groups is 1. The minimum Gasteiger partial charge on any atom is -0.507 e. The van der Waals surface area contributed by atoms with Crippen LogP contribution in [0.15, 0.2) is 23.1 Å². The smallest absolute Gasteiger partial charge is 0.419 e. The van der Waals surface area contributed by atoms with E-state index < -0.39 is 28.6 Å². The fourth-order valence-corrected chi connectivity index (χ4v) is 3.24. The van der Waals surface area contributed by atoms with Crippen LogP contribution >= 0.6 is 11.8 Å². The normalized spacial score (nSPS) is 17.2. The molecule has 1 heterocycles. The molecule has 25 heavy (non-hydrogen) atoms. The standard InChI is InChI=1S/C17H18F3NO3S/c1-10(2)4-3-7-21-15(23)14(25-16(21)24)9-11-5-6-13(22)12(8-11)17(18,19)20/h5-6,8-10,22H,3-4,7H2,1-2H3/b14-9+. The maximum Gasteiger partial charge on any atom is 0.419 e. The van der Waals surface area contributed by atoms with Gasteiger partial charge in [0.2, 0.25) is 0 Å². The highest BCUT2D eigenvalue weighted by Gasteiger charge is 2.36. The van der Waals surface area contributed by atoms with E-state index >= 15 is 0 Å². The molecule has 0 bridgehead atoms. The minimum absolute atomic E-state index is 0.0772. The summed E-state index contributed by atoms with van der Waals surface area (Å²) in [6.45, 7) is 4.37. The largest absolute Gasteiger partial charge is 0.507 e. The fourth-order valence-electron chi connectivity index (χ4n) is 2.37. The third-order valence-electron chi connectivity index (χ3n) is 3.66. The van der Waals surface area contributed by atoms with Gasteiger partial charge in [-0.15, -0.1) is 0 Å². The summed E-state index contributed by atoms with van der Waals surface area (Å²) in [4.78, 5) is 25.4. The number of nitrogens with zero attached hydrogens (tertiary/aromatic N) is 1. The van der Waals surface area contributed by atoms with E-state index in [0.717, 1.165) is 23.5 Å². The molecule has 1 N–H and O–H groups in total. The number of amides is 2. The second-order valence-electron chi connectivity index (χ2n) is 6.14. The van der Waals surface area contributed by atoms with E-state index in [1.807, 2.05) is 13.8 Å². The third kappa shape index (κ3) is 4.78. The Balaban J connectivity index is 2.19. The molecule has 0 unspecified atom stereocenters. The maximum atomic E-state index is 12.8. The van der Waals surface area contributed by atoms with Gasteiger partial charge in [0, 0.05) is 6.54 Å². The van der Waals surface area contributed by atoms with Crippen LogP contribution in [-0.4, -0.2) is 27.7 Å². The van der Waals surface area contributed by atoms with Gasteiger partial charge < -0.3 is 5.11 Å². The first-order valence-electron chi connectivity index (χ1n) is 7.75. The molecule has 8 heteroatoms. The number of halogens is 3. The van der Waals surface area contributed by atoms with Crippen molar-refractivity contribution in [1.82, 2.24) is 4.90 Å². The average molecular weight is 373 g/mol. The van der Waals surface area contributed by atoms with Gasteiger partial charge in [-0.1, -0.05) is 19.9 Å². The lowest BCUT2D eigenvalue weighted by Crippen LogP contribution is -2.29. The first kappa shape index (κ1) is 19.4. The maximum absolute atomic E-state index is 12.8. The van der Waals surface area contributed by atoms with Crippen molar-refractivity contribution in [2.45, 2.75) is 32.9 Å². The summed E-state index contributed by atoms with van der Waals surface area (Å²) >= 11 is 0.708. The van der Waals surface area contributed by atoms with Gasteiger partial charge in [0.05, 0.1) is 10.5 Å². The fraction of sp³-hybridized carbons (Fsp3) is 0.412. The van der Waals surface area contributed by atoms with E-state index in [-0.39, 0.29) is 10.5 Å². The lowest BCUT2D eigenvalue weighted by atomic mass is 10.1. The van der Waals surface area contributed by atoms with Crippen LogP contribution in [-0.2, 0) is 11.0 Å². The Labute approximate surface area is 147 Å². The summed E-state index contributed by atoms with van der Waals surface area (Å²) in [6.07, 6.45) is -1.92. The summed E-state index contributed by atoms with van der Waals surface area (Å²) < 4.78 is 38.5. The van der Waals surface area contributed by atoms with Gasteiger partial charge in [-0.2, -0.15) is 13.2 Å². The van der Waals surface area contributed by atoms with E-state index in [9.17, 15) is 27.9 Å². The predicted molar refractivity (Wildman–Crippen MR) is 89.9 cm³/mol. The zero-order valence-corrected chi connectivity index (χ0v) is 14.6. The molecule has 0 spiro atoms. The number of hydrogen-bond donors (Lipinski definition) is 1. The SMILES string of the molecule is CC(C)CCCN1C(=O)S/C(=C/c2ccc(O)c(C(F)(F)F)c2)C1=O. The number of aromatic hydroxyl groups is 1. The van der Waals surface area contributed by atoms with Gasteiger partial charge >= 0.3 is 6.18 Å². The number of carbonyl (C=O) groups is 2. The van der Waals surface area contributed by atoms with Crippen molar-refractivity contribution in [1.29, 1.82) is 0 Å². The first-order valence-corrected chi connectivity index (χ1v) is 8.57. The molecular formula is C17H18F3NO3S. The van der Waals surface area contributed by atoms with E-state index in [0.29, 0.717) is 30.6 Å². The average Bonchev–Trinajstić information content (AvgIpc) is 2.75. The molecule has 1 aliphatic rings. The molecule has 1 fully saturated rings. The molecule has 1 aliphatic heterocycles. The van der Waals surface area contributed by atoms with Crippen LogP contribution < -0.4 is 0 Å². The Hall–Kier alpha value is -1.96. The summed E-state index contributed by atoms with van der Waals surface area (Å²) in [6, 6.07) is 2.93. The van der Waals surface area contributed by atoms with Crippen molar-refractivity contribution in [3.8, 4) is 5.75 Å². The molecule has 4 nitrogen and oxygen atoms in total. The topological polar surface area (TPSA) is 57.6 Å². The van der Waals surface area contributed by atoms with Crippen LogP contribution in [0.5, 0.6) is 5.75 Å². The number of imide groups is 1. The Morgan fingerprint density at radius 1 is 1.28 bits per heavy atom. The number of hydrogen-bond acceptors (Lipinski definition) is 4. The molecule has 0 aliphatic carbocycles. The van der Waals surface area contributed by atoms with Gasteiger partial charge in [0.1, 0.15) is 5.75 Å². The summed E-state index contributed by atoms with van der Waals surface area (Å²) in [5.74, 6) is -0.930. The number of rotatable bonds is 5. The van der Waals surface area contributed by atoms with Crippen molar-refractivity contribution in [2.75, 3.05) is 6.54 Å². The van der Waals surface area contributed by atoms with Gasteiger partial charge in [-0.3, -0.25) is 14.5 Å². The molecule has 2 rings (SSSR count). The predicted octanol–water partition coefficient (Wildman–Crippen LogP) is 4.88. The van der Waals surface area contributed by atoms with E-state index in [2.05, 4.69) is 0 Å². The highest BCUT2D eigenvalue weighted by Crippen LogP contribution is 2.38. The zero-order chi connectivity index (χ0) is 18.8. The van der Waals surface area contributed by atoms with Crippen LogP contribution in [0.2, 0.25) is 0 Å². The lowest BCUT2D eigenvalue weighted by molar-refractivity contribution is -0.138. The van der Waals surface area contributed by atoms with Crippen molar-refractivity contribution in [3.05, 3.63) is 34.2 Å². The minimum atomic E-state index is -4.70. The quantitative estimate of drug-likeness (QED) is 0.747. The van der Waals surface area contributed by atoms with Crippen LogP contribution in [0.25, 0.3) is 6.08 Å². The molecule has 1 aromatic carbocycles. The second kappa shape index (κ2) is 7.51. The monoisotopic (exact) mass is 373 g/mol. The van der Waals surface area contributed by atoms with Crippen molar-refractivity contribution >= 4 is 29.0 Å². The van der Waals surface area contributed by atoms with Crippen molar-refractivity contribution in [3.63, 3.8) is 0 Å². The molecule has 0 aromatic heterocycles. The molecule has 0 saturated carbocycles. The number of benzene rings is 1. The van der Waals surface area contributed by atoms with Gasteiger partial charge in [0.15, 0.2) is 0 Å². The van der Waals surface area contributed by atoms with Gasteiger partial charge in [-0.25, -0.2) is 0 Å². The number of phenols is 1. The summed E-state index contributed by atoms with van der Waals surface area (Å²) in [5, 5.41) is 8.91. The molecule has 136 valence electrons. The van der Waals surface area contributed by atoms with Crippen molar-refractivity contribution in [2.24, 2.45) is 5.92 Å². The lowest BCUT2D eigenvalue weighted by Gasteiger charge is -2.13. The number of phenolic OH excluding ortho intramolecular Hbond substituents is 1. The second-order valence-corrected chi connectivity index (χ2v) is 7.14. The molecule has 1 aromatic rings. The Morgan fingerprint density at radius 3 is 2.56 bits per heavy atom. The summed E-state index contributed by atoms with van der Waals surface area (Å²) in [7, 11) is 0. The van der Waals surface area contributed by atoms with Gasteiger partial charge in [0.25, 0.3) is 11.1 Å². The Kier molecular flexibility index (Phi) is 5.82. The highest BCUT2D eigenvalue weighted by molar-refractivity contribution is 8.18. The van der Waals surface area contributed by atoms with Crippen LogP contribution in [0, 0.1) is 5.92 Å². The first-order chi connectivity index (χ1) is 11.6. The van der Waals surface area contributed by atoms with E-state index in [4.69, 9.17) is 0 Å². The Bertz CT molecular complexity index is 714. The van der Waals surface area contributed by atoms with E-state index in [1.165, 1.54) is 12.1 Å². The molecular weight excluding hydrogens is 355 g/mol.